The third-order valence-electron chi connectivity index (χ3n) is 4.89. The lowest BCUT2D eigenvalue weighted by Crippen LogP contribution is -2.43. The summed E-state index contributed by atoms with van der Waals surface area (Å²) in [6, 6.07) is 5.47. The van der Waals surface area contributed by atoms with Gasteiger partial charge >= 0.3 is 6.03 Å². The van der Waals surface area contributed by atoms with Gasteiger partial charge in [0.25, 0.3) is 0 Å². The summed E-state index contributed by atoms with van der Waals surface area (Å²) in [4.78, 5) is 17.0. The average molecular weight is 344 g/mol. The fourth-order valence-electron chi connectivity index (χ4n) is 3.61. The van der Waals surface area contributed by atoms with Crippen molar-refractivity contribution in [2.45, 2.75) is 25.4 Å². The second kappa shape index (κ2) is 7.37. The van der Waals surface area contributed by atoms with E-state index in [0.717, 1.165) is 31.6 Å². The topological polar surface area (TPSA) is 86.4 Å². The van der Waals surface area contributed by atoms with E-state index in [0.29, 0.717) is 30.9 Å². The first-order chi connectivity index (χ1) is 12.3. The summed E-state index contributed by atoms with van der Waals surface area (Å²) >= 11 is 0. The molecule has 0 aliphatic carbocycles. The molecule has 0 spiro atoms. The molecule has 2 aliphatic rings. The number of nitrogens with zero attached hydrogens (tertiary/aromatic N) is 4. The Hall–Kier alpha value is -2.19. The molecular formula is C17H24N6O2. The highest BCUT2D eigenvalue weighted by molar-refractivity contribution is 5.98. The minimum Gasteiger partial charge on any atom is -0.375 e. The summed E-state index contributed by atoms with van der Waals surface area (Å²) in [7, 11) is 0. The number of aromatic nitrogens is 3. The lowest BCUT2D eigenvalue weighted by molar-refractivity contribution is 0.0355. The number of aromatic amines is 1. The van der Waals surface area contributed by atoms with Gasteiger partial charge in [-0.25, -0.2) is 4.79 Å². The van der Waals surface area contributed by atoms with E-state index in [9.17, 15) is 4.79 Å². The van der Waals surface area contributed by atoms with Gasteiger partial charge in [0.05, 0.1) is 11.8 Å². The smallest absolute Gasteiger partial charge is 0.321 e. The first kappa shape index (κ1) is 16.3. The number of fused-ring (bicyclic) bond motifs is 1. The van der Waals surface area contributed by atoms with Crippen LogP contribution in [-0.2, 0) is 4.74 Å². The van der Waals surface area contributed by atoms with Crippen molar-refractivity contribution in [3.8, 4) is 0 Å². The highest BCUT2D eigenvalue weighted by Crippen LogP contribution is 2.20. The van der Waals surface area contributed by atoms with Crippen LogP contribution in [0.4, 0.5) is 10.5 Å². The molecule has 0 unspecified atom stereocenters. The van der Waals surface area contributed by atoms with Gasteiger partial charge in [-0.05, 0) is 44.5 Å². The van der Waals surface area contributed by atoms with Crippen molar-refractivity contribution in [1.29, 1.82) is 0 Å². The number of benzene rings is 1. The van der Waals surface area contributed by atoms with Gasteiger partial charge in [0.2, 0.25) is 0 Å². The molecule has 4 rings (SSSR count). The third kappa shape index (κ3) is 3.74. The average Bonchev–Trinajstić information content (AvgIpc) is 3.24. The summed E-state index contributed by atoms with van der Waals surface area (Å²) in [5.74, 6) is 0. The summed E-state index contributed by atoms with van der Waals surface area (Å²) in [5.41, 5.74) is 2.09. The first-order valence-corrected chi connectivity index (χ1v) is 8.99. The number of rotatable bonds is 3. The van der Waals surface area contributed by atoms with E-state index < -0.39 is 0 Å². The predicted molar refractivity (Wildman–Crippen MR) is 94.5 cm³/mol. The fraction of sp³-hybridized carbons (Fsp3) is 0.588. The van der Waals surface area contributed by atoms with Gasteiger partial charge < -0.3 is 19.9 Å². The minimum absolute atomic E-state index is 0.0780. The monoisotopic (exact) mass is 344 g/mol. The number of hydrogen-bond acceptors (Lipinski definition) is 5. The molecule has 2 aromatic rings. The zero-order valence-electron chi connectivity index (χ0n) is 14.3. The Morgan fingerprint density at radius 2 is 2.12 bits per heavy atom. The van der Waals surface area contributed by atoms with E-state index >= 15 is 0 Å². The highest BCUT2D eigenvalue weighted by Gasteiger charge is 2.25. The zero-order chi connectivity index (χ0) is 17.1. The molecule has 2 saturated heterocycles. The molecular weight excluding hydrogens is 320 g/mol. The second-order valence-electron chi connectivity index (χ2n) is 6.73. The maximum atomic E-state index is 12.8. The molecule has 1 aromatic heterocycles. The van der Waals surface area contributed by atoms with E-state index in [2.05, 4.69) is 25.6 Å². The van der Waals surface area contributed by atoms with Crippen LogP contribution in [0.15, 0.2) is 18.2 Å². The maximum absolute atomic E-state index is 12.8. The number of ether oxygens (including phenoxy) is 1. The molecule has 1 aromatic carbocycles. The van der Waals surface area contributed by atoms with Gasteiger partial charge in [-0.3, -0.25) is 0 Å². The van der Waals surface area contributed by atoms with E-state index in [1.807, 2.05) is 23.1 Å². The quantitative estimate of drug-likeness (QED) is 0.885. The van der Waals surface area contributed by atoms with Crippen molar-refractivity contribution < 1.29 is 9.53 Å². The van der Waals surface area contributed by atoms with Crippen molar-refractivity contribution in [2.75, 3.05) is 44.6 Å². The number of amides is 2. The molecule has 2 aliphatic heterocycles. The summed E-state index contributed by atoms with van der Waals surface area (Å²) in [6.45, 7) is 5.22. The van der Waals surface area contributed by atoms with Gasteiger partial charge in [-0.15, -0.1) is 0 Å². The Labute approximate surface area is 146 Å². The van der Waals surface area contributed by atoms with Crippen molar-refractivity contribution >= 4 is 22.8 Å². The van der Waals surface area contributed by atoms with Crippen LogP contribution in [0, 0.1) is 0 Å². The van der Waals surface area contributed by atoms with E-state index in [1.165, 1.54) is 12.8 Å². The molecule has 0 radical (unpaired) electrons. The van der Waals surface area contributed by atoms with Crippen LogP contribution in [0.5, 0.6) is 0 Å². The molecule has 2 fully saturated rings. The minimum atomic E-state index is -0.104. The zero-order valence-corrected chi connectivity index (χ0v) is 14.3. The number of hydrogen-bond donors (Lipinski definition) is 2. The van der Waals surface area contributed by atoms with E-state index in [4.69, 9.17) is 4.74 Å². The lowest BCUT2D eigenvalue weighted by Gasteiger charge is -2.27. The lowest BCUT2D eigenvalue weighted by atomic mass is 10.2. The molecule has 3 heterocycles. The first-order valence-electron chi connectivity index (χ1n) is 8.99. The van der Waals surface area contributed by atoms with Crippen LogP contribution in [0.2, 0.25) is 0 Å². The Morgan fingerprint density at radius 3 is 3.00 bits per heavy atom. The molecule has 2 N–H and O–H groups in total. The van der Waals surface area contributed by atoms with Crippen LogP contribution < -0.4 is 5.32 Å². The number of H-pyrrole nitrogens is 1. The summed E-state index contributed by atoms with van der Waals surface area (Å²) < 4.78 is 5.96. The number of carbonyl (C=O) groups is 1. The molecule has 25 heavy (non-hydrogen) atoms. The molecule has 8 nitrogen and oxygen atoms in total. The van der Waals surface area contributed by atoms with Crippen molar-refractivity contribution in [2.24, 2.45) is 0 Å². The number of carbonyl (C=O) groups excluding carboxylic acids is 1. The maximum Gasteiger partial charge on any atom is 0.321 e. The summed E-state index contributed by atoms with van der Waals surface area (Å²) in [5, 5.41) is 13.8. The molecule has 0 saturated carbocycles. The number of urea groups is 1. The van der Waals surface area contributed by atoms with Crippen molar-refractivity contribution in [3.63, 3.8) is 0 Å². The second-order valence-corrected chi connectivity index (χ2v) is 6.73. The molecule has 2 amide bonds. The van der Waals surface area contributed by atoms with E-state index in [1.54, 1.807) is 0 Å². The standard InChI is InChI=1S/C17H24N6O2/c24-17(18-14-5-3-6-15-16(14)20-21-19-15)23-9-4-10-25-13(12-23)11-22-7-1-2-8-22/h3,5-6,13H,1-2,4,7-12H2,(H,18,24)(H,19,20,21)/t13-/m1/s1. The van der Waals surface area contributed by atoms with Crippen molar-refractivity contribution in [1.82, 2.24) is 25.2 Å². The number of nitrogens with one attached hydrogen (secondary N) is 2. The molecule has 8 heteroatoms. The number of likely N-dealkylation sites (tertiary alicyclic amines) is 1. The predicted octanol–water partition coefficient (Wildman–Crippen LogP) is 1.68. The van der Waals surface area contributed by atoms with Gasteiger partial charge in [0, 0.05) is 26.2 Å². The van der Waals surface area contributed by atoms with Crippen LogP contribution in [-0.4, -0.2) is 76.7 Å². The van der Waals surface area contributed by atoms with Crippen LogP contribution in [0.1, 0.15) is 19.3 Å². The number of para-hydroxylation sites is 1. The van der Waals surface area contributed by atoms with Gasteiger partial charge in [-0.2, -0.15) is 15.4 Å². The van der Waals surface area contributed by atoms with Gasteiger partial charge in [0.15, 0.2) is 0 Å². The van der Waals surface area contributed by atoms with Crippen LogP contribution in [0.25, 0.3) is 11.0 Å². The normalized spacial score (nSPS) is 22.2. The Kier molecular flexibility index (Phi) is 4.80. The largest absolute Gasteiger partial charge is 0.375 e. The SMILES string of the molecule is O=C(Nc1cccc2n[nH]nc12)N1CCCO[C@H](CN2CCCC2)C1. The van der Waals surface area contributed by atoms with E-state index in [-0.39, 0.29) is 12.1 Å². The molecule has 0 bridgehead atoms. The van der Waals surface area contributed by atoms with Crippen LogP contribution >= 0.6 is 0 Å². The third-order valence-corrected chi connectivity index (χ3v) is 4.89. The molecule has 134 valence electrons. The molecule has 1 atom stereocenters. The number of anilines is 1. The van der Waals surface area contributed by atoms with Crippen molar-refractivity contribution in [3.05, 3.63) is 18.2 Å². The Bertz CT molecular complexity index is 727. The summed E-state index contributed by atoms with van der Waals surface area (Å²) in [6.07, 6.45) is 3.46. The Balaban J connectivity index is 1.42. The van der Waals surface area contributed by atoms with Crippen LogP contribution in [0.3, 0.4) is 0 Å². The van der Waals surface area contributed by atoms with Gasteiger partial charge in [-0.1, -0.05) is 6.07 Å². The Morgan fingerprint density at radius 1 is 1.24 bits per heavy atom. The highest BCUT2D eigenvalue weighted by atomic mass is 16.5. The van der Waals surface area contributed by atoms with Gasteiger partial charge in [0.1, 0.15) is 11.0 Å². The fourth-order valence-corrected chi connectivity index (χ4v) is 3.61.